The number of urea groups is 1. The number of hydrogen-bond acceptors (Lipinski definition) is 2. The summed E-state index contributed by atoms with van der Waals surface area (Å²) >= 11 is 0. The highest BCUT2D eigenvalue weighted by molar-refractivity contribution is 5.76. The molecule has 0 aromatic rings. The van der Waals surface area contributed by atoms with Gasteiger partial charge in [0.15, 0.2) is 0 Å². The Labute approximate surface area is 92.6 Å². The molecule has 0 aromatic heterocycles. The zero-order chi connectivity index (χ0) is 11.3. The van der Waals surface area contributed by atoms with Gasteiger partial charge in [-0.3, -0.25) is 0 Å². The molecule has 1 rings (SSSR count). The Morgan fingerprint density at radius 1 is 1.47 bits per heavy atom. The highest BCUT2D eigenvalue weighted by atomic mass is 16.2. The minimum atomic E-state index is 0.178. The molecule has 4 nitrogen and oxygen atoms in total. The molecule has 2 amide bonds. The number of carbonyl (C=O) groups is 1. The van der Waals surface area contributed by atoms with E-state index in [1.165, 1.54) is 0 Å². The summed E-state index contributed by atoms with van der Waals surface area (Å²) in [6, 6.07) is 0.178. The Balaban J connectivity index is 2.20. The standard InChI is InChI=1S/C11H23N3O/c1-4-5-12-8-10(2)9-14-7-6-13(3)11(14)15/h10,12H,4-9H2,1-3H3. The molecule has 0 saturated carbocycles. The van der Waals surface area contributed by atoms with Crippen molar-refractivity contribution in [1.29, 1.82) is 0 Å². The van der Waals surface area contributed by atoms with E-state index in [4.69, 9.17) is 0 Å². The van der Waals surface area contributed by atoms with Gasteiger partial charge in [0.1, 0.15) is 0 Å². The summed E-state index contributed by atoms with van der Waals surface area (Å²) in [4.78, 5) is 15.3. The lowest BCUT2D eigenvalue weighted by Crippen LogP contribution is -2.36. The molecule has 1 saturated heterocycles. The van der Waals surface area contributed by atoms with E-state index in [-0.39, 0.29) is 6.03 Å². The third-order valence-electron chi connectivity index (χ3n) is 2.75. The second-order valence-corrected chi connectivity index (χ2v) is 4.46. The maximum Gasteiger partial charge on any atom is 0.319 e. The molecule has 0 aliphatic carbocycles. The number of nitrogens with one attached hydrogen (secondary N) is 1. The van der Waals surface area contributed by atoms with E-state index in [9.17, 15) is 4.79 Å². The van der Waals surface area contributed by atoms with Crippen molar-refractivity contribution < 1.29 is 4.79 Å². The number of carbonyl (C=O) groups excluding carboxylic acids is 1. The average Bonchev–Trinajstić information content (AvgIpc) is 2.50. The lowest BCUT2D eigenvalue weighted by atomic mass is 10.1. The van der Waals surface area contributed by atoms with Gasteiger partial charge in [0.05, 0.1) is 0 Å². The molecule has 1 unspecified atom stereocenters. The molecule has 1 N–H and O–H groups in total. The quantitative estimate of drug-likeness (QED) is 0.668. The number of hydrogen-bond donors (Lipinski definition) is 1. The fourth-order valence-corrected chi connectivity index (χ4v) is 1.84. The van der Waals surface area contributed by atoms with Crippen molar-refractivity contribution in [3.63, 3.8) is 0 Å². The first kappa shape index (κ1) is 12.3. The van der Waals surface area contributed by atoms with E-state index in [2.05, 4.69) is 19.2 Å². The largest absolute Gasteiger partial charge is 0.326 e. The summed E-state index contributed by atoms with van der Waals surface area (Å²) in [6.07, 6.45) is 1.16. The molecular formula is C11H23N3O. The van der Waals surface area contributed by atoms with Crippen LogP contribution in [0.5, 0.6) is 0 Å². The SMILES string of the molecule is CCCNCC(C)CN1CCN(C)C1=O. The van der Waals surface area contributed by atoms with Crippen molar-refractivity contribution in [2.45, 2.75) is 20.3 Å². The molecule has 0 aromatic carbocycles. The monoisotopic (exact) mass is 213 g/mol. The molecule has 1 heterocycles. The average molecular weight is 213 g/mol. The van der Waals surface area contributed by atoms with E-state index in [1.807, 2.05) is 11.9 Å². The van der Waals surface area contributed by atoms with Crippen LogP contribution in [0.1, 0.15) is 20.3 Å². The van der Waals surface area contributed by atoms with Crippen LogP contribution in [-0.4, -0.2) is 55.6 Å². The van der Waals surface area contributed by atoms with Crippen LogP contribution in [-0.2, 0) is 0 Å². The Kier molecular flexibility index (Phi) is 4.88. The van der Waals surface area contributed by atoms with Gasteiger partial charge in [-0.15, -0.1) is 0 Å². The normalized spacial score (nSPS) is 18.7. The van der Waals surface area contributed by atoms with Crippen LogP contribution in [0.3, 0.4) is 0 Å². The summed E-state index contributed by atoms with van der Waals surface area (Å²) in [5.41, 5.74) is 0. The fourth-order valence-electron chi connectivity index (χ4n) is 1.84. The molecule has 0 spiro atoms. The van der Waals surface area contributed by atoms with Crippen LogP contribution in [0.15, 0.2) is 0 Å². The topological polar surface area (TPSA) is 35.6 Å². The van der Waals surface area contributed by atoms with E-state index < -0.39 is 0 Å². The number of likely N-dealkylation sites (N-methyl/N-ethyl adjacent to an activating group) is 1. The lowest BCUT2D eigenvalue weighted by Gasteiger charge is -2.20. The highest BCUT2D eigenvalue weighted by Gasteiger charge is 2.25. The number of nitrogens with zero attached hydrogens (tertiary/aromatic N) is 2. The van der Waals surface area contributed by atoms with Gasteiger partial charge in [0, 0.05) is 26.7 Å². The van der Waals surface area contributed by atoms with Gasteiger partial charge in [-0.25, -0.2) is 4.79 Å². The maximum absolute atomic E-state index is 11.6. The molecule has 1 aliphatic heterocycles. The van der Waals surface area contributed by atoms with Crippen LogP contribution in [0.4, 0.5) is 4.79 Å². The van der Waals surface area contributed by atoms with E-state index >= 15 is 0 Å². The first-order valence-electron chi connectivity index (χ1n) is 5.86. The molecule has 15 heavy (non-hydrogen) atoms. The predicted octanol–water partition coefficient (Wildman–Crippen LogP) is 0.990. The van der Waals surface area contributed by atoms with Crippen molar-refractivity contribution in [1.82, 2.24) is 15.1 Å². The Morgan fingerprint density at radius 2 is 2.20 bits per heavy atom. The summed E-state index contributed by atoms with van der Waals surface area (Å²) in [6.45, 7) is 9.05. The smallest absolute Gasteiger partial charge is 0.319 e. The maximum atomic E-state index is 11.6. The van der Waals surface area contributed by atoms with Crippen molar-refractivity contribution >= 4 is 6.03 Å². The van der Waals surface area contributed by atoms with Gasteiger partial charge in [-0.05, 0) is 25.4 Å². The number of amides is 2. The zero-order valence-corrected chi connectivity index (χ0v) is 10.1. The molecule has 88 valence electrons. The second kappa shape index (κ2) is 5.95. The first-order chi connectivity index (χ1) is 7.15. The van der Waals surface area contributed by atoms with Gasteiger partial charge < -0.3 is 15.1 Å². The first-order valence-corrected chi connectivity index (χ1v) is 5.86. The zero-order valence-electron chi connectivity index (χ0n) is 10.1. The fraction of sp³-hybridized carbons (Fsp3) is 0.909. The summed E-state index contributed by atoms with van der Waals surface area (Å²) < 4.78 is 0. The molecule has 0 bridgehead atoms. The van der Waals surface area contributed by atoms with Crippen LogP contribution >= 0.6 is 0 Å². The third kappa shape index (κ3) is 3.70. The van der Waals surface area contributed by atoms with Crippen molar-refractivity contribution in [2.24, 2.45) is 5.92 Å². The minimum absolute atomic E-state index is 0.178. The van der Waals surface area contributed by atoms with Crippen LogP contribution in [0, 0.1) is 5.92 Å². The van der Waals surface area contributed by atoms with Crippen molar-refractivity contribution in [2.75, 3.05) is 39.8 Å². The highest BCUT2D eigenvalue weighted by Crippen LogP contribution is 2.08. The molecule has 0 radical (unpaired) electrons. The molecular weight excluding hydrogens is 190 g/mol. The second-order valence-electron chi connectivity index (χ2n) is 4.46. The Morgan fingerprint density at radius 3 is 2.73 bits per heavy atom. The van der Waals surface area contributed by atoms with Gasteiger partial charge in [-0.1, -0.05) is 13.8 Å². The third-order valence-corrected chi connectivity index (χ3v) is 2.75. The molecule has 1 fully saturated rings. The van der Waals surface area contributed by atoms with Gasteiger partial charge in [0.25, 0.3) is 0 Å². The summed E-state index contributed by atoms with van der Waals surface area (Å²) in [5.74, 6) is 0.534. The predicted molar refractivity (Wildman–Crippen MR) is 61.9 cm³/mol. The van der Waals surface area contributed by atoms with Crippen molar-refractivity contribution in [3.8, 4) is 0 Å². The molecule has 1 atom stereocenters. The van der Waals surface area contributed by atoms with Crippen LogP contribution < -0.4 is 5.32 Å². The van der Waals surface area contributed by atoms with E-state index in [0.717, 1.165) is 39.1 Å². The lowest BCUT2D eigenvalue weighted by molar-refractivity contribution is 0.192. The van der Waals surface area contributed by atoms with Gasteiger partial charge >= 0.3 is 6.03 Å². The minimum Gasteiger partial charge on any atom is -0.326 e. The number of rotatable bonds is 6. The van der Waals surface area contributed by atoms with E-state index in [1.54, 1.807) is 4.90 Å². The molecule has 1 aliphatic rings. The summed E-state index contributed by atoms with van der Waals surface area (Å²) in [5, 5.41) is 3.38. The van der Waals surface area contributed by atoms with Gasteiger partial charge in [0.2, 0.25) is 0 Å². The van der Waals surface area contributed by atoms with Crippen LogP contribution in [0.2, 0.25) is 0 Å². The molecule has 4 heteroatoms. The van der Waals surface area contributed by atoms with E-state index in [0.29, 0.717) is 5.92 Å². The summed E-state index contributed by atoms with van der Waals surface area (Å²) in [7, 11) is 1.86. The van der Waals surface area contributed by atoms with Gasteiger partial charge in [-0.2, -0.15) is 0 Å². The Bertz CT molecular complexity index is 208. The van der Waals surface area contributed by atoms with Crippen molar-refractivity contribution in [3.05, 3.63) is 0 Å². The Hall–Kier alpha value is -0.770. The van der Waals surface area contributed by atoms with Crippen LogP contribution in [0.25, 0.3) is 0 Å².